The van der Waals surface area contributed by atoms with E-state index in [1.807, 2.05) is 0 Å². The number of nitrogens with one attached hydrogen (secondary N) is 1. The van der Waals surface area contributed by atoms with Crippen LogP contribution in [0.1, 0.15) is 0 Å². The number of halogens is 1. The van der Waals surface area contributed by atoms with Gasteiger partial charge >= 0.3 is 0 Å². The summed E-state index contributed by atoms with van der Waals surface area (Å²) in [5.74, 6) is 0. The molecule has 2 rings (SSSR count). The molecule has 1 unspecified atom stereocenters. The van der Waals surface area contributed by atoms with E-state index < -0.39 is 0 Å². The van der Waals surface area contributed by atoms with Gasteiger partial charge < -0.3 is 10.1 Å². The third kappa shape index (κ3) is 2.64. The number of hydrogen-bond acceptors (Lipinski definition) is 4. The zero-order valence-electron chi connectivity index (χ0n) is 8.15. The predicted molar refractivity (Wildman–Crippen MR) is 58.8 cm³/mol. The van der Waals surface area contributed by atoms with Crippen LogP contribution < -0.4 is 10.9 Å². The first-order valence-corrected chi connectivity index (χ1v) is 5.59. The molecule has 1 aromatic rings. The second kappa shape index (κ2) is 4.87. The number of hydrogen-bond donors (Lipinski definition) is 1. The number of rotatable bonds is 2. The molecular weight excluding hydrogens is 262 g/mol. The number of nitrogens with zero attached hydrogens (tertiary/aromatic N) is 2. The molecule has 0 amide bonds. The lowest BCUT2D eigenvalue weighted by molar-refractivity contribution is 0.0174. The zero-order chi connectivity index (χ0) is 10.7. The van der Waals surface area contributed by atoms with Crippen molar-refractivity contribution in [1.29, 1.82) is 0 Å². The van der Waals surface area contributed by atoms with E-state index in [9.17, 15) is 4.79 Å². The molecule has 1 saturated heterocycles. The van der Waals surface area contributed by atoms with Crippen LogP contribution in [-0.4, -0.2) is 35.4 Å². The number of aromatic nitrogens is 2. The maximum Gasteiger partial charge on any atom is 0.267 e. The second-order valence-corrected chi connectivity index (χ2v) is 4.25. The SMILES string of the molecule is O=c1c(Br)cncn1CC1CNCCO1. The van der Waals surface area contributed by atoms with Gasteiger partial charge in [-0.2, -0.15) is 0 Å². The van der Waals surface area contributed by atoms with Crippen LogP contribution in [0.3, 0.4) is 0 Å². The van der Waals surface area contributed by atoms with Gasteiger partial charge in [-0.3, -0.25) is 9.36 Å². The molecule has 0 radical (unpaired) electrons. The van der Waals surface area contributed by atoms with Gasteiger partial charge in [-0.15, -0.1) is 0 Å². The average molecular weight is 274 g/mol. The van der Waals surface area contributed by atoms with Crippen molar-refractivity contribution >= 4 is 15.9 Å². The molecule has 1 aliphatic heterocycles. The molecule has 1 atom stereocenters. The van der Waals surface area contributed by atoms with Gasteiger partial charge in [0.05, 0.1) is 25.6 Å². The second-order valence-electron chi connectivity index (χ2n) is 3.40. The molecule has 15 heavy (non-hydrogen) atoms. The van der Waals surface area contributed by atoms with Crippen molar-refractivity contribution in [3.05, 3.63) is 27.4 Å². The Balaban J connectivity index is 2.09. The van der Waals surface area contributed by atoms with Gasteiger partial charge in [0.1, 0.15) is 4.47 Å². The molecular formula is C9H12BrN3O2. The molecule has 0 bridgehead atoms. The van der Waals surface area contributed by atoms with Crippen molar-refractivity contribution in [1.82, 2.24) is 14.9 Å². The maximum absolute atomic E-state index is 11.6. The van der Waals surface area contributed by atoms with Crippen molar-refractivity contribution in [2.24, 2.45) is 0 Å². The number of morpholine rings is 1. The molecule has 0 spiro atoms. The van der Waals surface area contributed by atoms with Gasteiger partial charge in [0, 0.05) is 19.3 Å². The standard InChI is InChI=1S/C9H12BrN3O2/c10-8-4-12-6-13(9(8)14)5-7-3-11-1-2-15-7/h4,6-7,11H,1-3,5H2. The van der Waals surface area contributed by atoms with Crippen LogP contribution in [0.15, 0.2) is 21.8 Å². The lowest BCUT2D eigenvalue weighted by atomic mass is 10.3. The van der Waals surface area contributed by atoms with Gasteiger partial charge in [0.15, 0.2) is 0 Å². The van der Waals surface area contributed by atoms with Crippen molar-refractivity contribution < 1.29 is 4.74 Å². The third-order valence-electron chi connectivity index (χ3n) is 2.26. The van der Waals surface area contributed by atoms with Crippen LogP contribution in [0, 0.1) is 0 Å². The molecule has 5 nitrogen and oxygen atoms in total. The fourth-order valence-electron chi connectivity index (χ4n) is 1.51. The van der Waals surface area contributed by atoms with E-state index in [0.29, 0.717) is 17.6 Å². The van der Waals surface area contributed by atoms with Crippen LogP contribution in [0.2, 0.25) is 0 Å². The smallest absolute Gasteiger partial charge is 0.267 e. The summed E-state index contributed by atoms with van der Waals surface area (Å²) < 4.78 is 7.55. The quantitative estimate of drug-likeness (QED) is 0.824. The van der Waals surface area contributed by atoms with E-state index in [1.165, 1.54) is 12.5 Å². The largest absolute Gasteiger partial charge is 0.374 e. The van der Waals surface area contributed by atoms with Gasteiger partial charge in [-0.25, -0.2) is 4.98 Å². The Morgan fingerprint density at radius 3 is 3.33 bits per heavy atom. The summed E-state index contributed by atoms with van der Waals surface area (Å²) in [6.45, 7) is 2.89. The molecule has 6 heteroatoms. The average Bonchev–Trinajstić information content (AvgIpc) is 2.26. The molecule has 1 N–H and O–H groups in total. The summed E-state index contributed by atoms with van der Waals surface area (Å²) in [6, 6.07) is 0. The van der Waals surface area contributed by atoms with E-state index in [4.69, 9.17) is 4.74 Å². The number of ether oxygens (including phenoxy) is 1. The Morgan fingerprint density at radius 2 is 2.60 bits per heavy atom. The molecule has 2 heterocycles. The van der Waals surface area contributed by atoms with E-state index in [2.05, 4.69) is 26.2 Å². The molecule has 0 aromatic carbocycles. The summed E-state index contributed by atoms with van der Waals surface area (Å²) in [5, 5.41) is 3.22. The first-order valence-electron chi connectivity index (χ1n) is 4.79. The monoisotopic (exact) mass is 273 g/mol. The Bertz CT molecular complexity index is 387. The molecule has 1 aliphatic rings. The summed E-state index contributed by atoms with van der Waals surface area (Å²) >= 11 is 3.16. The maximum atomic E-state index is 11.6. The minimum Gasteiger partial charge on any atom is -0.374 e. The molecule has 1 aromatic heterocycles. The fourth-order valence-corrected chi connectivity index (χ4v) is 1.86. The van der Waals surface area contributed by atoms with Gasteiger partial charge in [-0.05, 0) is 15.9 Å². The topological polar surface area (TPSA) is 56.2 Å². The molecule has 1 fully saturated rings. The first kappa shape index (κ1) is 10.8. The fraction of sp³-hybridized carbons (Fsp3) is 0.556. The van der Waals surface area contributed by atoms with Gasteiger partial charge in [-0.1, -0.05) is 0 Å². The van der Waals surface area contributed by atoms with Crippen molar-refractivity contribution in [3.8, 4) is 0 Å². The van der Waals surface area contributed by atoms with E-state index in [1.54, 1.807) is 4.57 Å². The van der Waals surface area contributed by atoms with E-state index in [-0.39, 0.29) is 11.7 Å². The summed E-state index contributed by atoms with van der Waals surface area (Å²) in [7, 11) is 0. The summed E-state index contributed by atoms with van der Waals surface area (Å²) in [4.78, 5) is 15.6. The summed E-state index contributed by atoms with van der Waals surface area (Å²) in [5.41, 5.74) is -0.0702. The highest BCUT2D eigenvalue weighted by atomic mass is 79.9. The molecule has 82 valence electrons. The highest BCUT2D eigenvalue weighted by Gasteiger charge is 2.14. The lowest BCUT2D eigenvalue weighted by Gasteiger charge is -2.23. The lowest BCUT2D eigenvalue weighted by Crippen LogP contribution is -2.42. The Labute approximate surface area is 95.6 Å². The normalized spacial score (nSPS) is 21.5. The van der Waals surface area contributed by atoms with Gasteiger partial charge in [0.2, 0.25) is 0 Å². The Hall–Kier alpha value is -0.720. The molecule has 0 aliphatic carbocycles. The minimum absolute atomic E-state index is 0.0487. The van der Waals surface area contributed by atoms with Crippen LogP contribution in [0.5, 0.6) is 0 Å². The van der Waals surface area contributed by atoms with Crippen LogP contribution in [0.25, 0.3) is 0 Å². The highest BCUT2D eigenvalue weighted by Crippen LogP contribution is 2.01. The zero-order valence-corrected chi connectivity index (χ0v) is 9.74. The first-order chi connectivity index (χ1) is 7.27. The third-order valence-corrected chi connectivity index (χ3v) is 2.81. The van der Waals surface area contributed by atoms with E-state index in [0.717, 1.165) is 13.1 Å². The summed E-state index contributed by atoms with van der Waals surface area (Å²) in [6.07, 6.45) is 3.08. The van der Waals surface area contributed by atoms with E-state index >= 15 is 0 Å². The van der Waals surface area contributed by atoms with Crippen LogP contribution in [0.4, 0.5) is 0 Å². The highest BCUT2D eigenvalue weighted by molar-refractivity contribution is 9.10. The van der Waals surface area contributed by atoms with Crippen LogP contribution in [-0.2, 0) is 11.3 Å². The van der Waals surface area contributed by atoms with Crippen molar-refractivity contribution in [3.63, 3.8) is 0 Å². The Morgan fingerprint density at radius 1 is 1.73 bits per heavy atom. The van der Waals surface area contributed by atoms with Crippen molar-refractivity contribution in [2.45, 2.75) is 12.6 Å². The van der Waals surface area contributed by atoms with Gasteiger partial charge in [0.25, 0.3) is 5.56 Å². The molecule has 0 saturated carbocycles. The van der Waals surface area contributed by atoms with Crippen molar-refractivity contribution in [2.75, 3.05) is 19.7 Å². The van der Waals surface area contributed by atoms with Crippen LogP contribution >= 0.6 is 15.9 Å². The minimum atomic E-state index is -0.0702. The Kier molecular flexibility index (Phi) is 3.50. The predicted octanol–water partition coefficient (Wildman–Crippen LogP) is -0.00580.